The van der Waals surface area contributed by atoms with Gasteiger partial charge >= 0.3 is 0 Å². The highest BCUT2D eigenvalue weighted by Crippen LogP contribution is 2.35. The number of fused-ring (bicyclic) bond motifs is 2. The fourth-order valence-electron chi connectivity index (χ4n) is 4.44. The number of nitrogens with zero attached hydrogens (tertiary/aromatic N) is 2. The summed E-state index contributed by atoms with van der Waals surface area (Å²) in [6.45, 7) is 4.38. The van der Waals surface area contributed by atoms with E-state index in [1.807, 2.05) is 30.0 Å². The number of nitrogens with one attached hydrogen (secondary N) is 2. The van der Waals surface area contributed by atoms with Gasteiger partial charge in [-0.2, -0.15) is 0 Å². The molecule has 0 atom stereocenters. The zero-order chi connectivity index (χ0) is 19.3. The molecule has 0 unspecified atom stereocenters. The number of halogens is 1. The summed E-state index contributed by atoms with van der Waals surface area (Å²) < 4.78 is 0. The molecule has 1 fully saturated rings. The summed E-state index contributed by atoms with van der Waals surface area (Å²) in [6, 6.07) is 14.6. The monoisotopic (exact) mass is 394 g/mol. The van der Waals surface area contributed by atoms with E-state index in [9.17, 15) is 4.79 Å². The summed E-state index contributed by atoms with van der Waals surface area (Å²) in [5.74, 6) is 0.0742. The van der Waals surface area contributed by atoms with E-state index in [-0.39, 0.29) is 5.91 Å². The van der Waals surface area contributed by atoms with Crippen LogP contribution in [0, 0.1) is 6.92 Å². The second-order valence-electron chi connectivity index (χ2n) is 7.66. The van der Waals surface area contributed by atoms with E-state index in [0.717, 1.165) is 54.1 Å². The van der Waals surface area contributed by atoms with Gasteiger partial charge < -0.3 is 20.1 Å². The number of carbonyl (C=O) groups excluding carboxylic acids is 1. The lowest BCUT2D eigenvalue weighted by atomic mass is 10.0. The molecule has 1 aromatic heterocycles. The molecule has 5 nitrogen and oxygen atoms in total. The number of benzene rings is 2. The predicted octanol–water partition coefficient (Wildman–Crippen LogP) is 4.62. The van der Waals surface area contributed by atoms with Crippen molar-refractivity contribution in [3.05, 3.63) is 58.7 Å². The molecular weight excluding hydrogens is 372 g/mol. The third-order valence-corrected chi connectivity index (χ3v) is 6.49. The third kappa shape index (κ3) is 2.81. The number of hydrogen-bond donors (Lipinski definition) is 2. The molecule has 28 heavy (non-hydrogen) atoms. The smallest absolute Gasteiger partial charge is 0.270 e. The normalized spacial score (nSPS) is 17.1. The number of carbonyl (C=O) groups is 1. The Morgan fingerprint density at radius 1 is 1.14 bits per heavy atom. The van der Waals surface area contributed by atoms with Gasteiger partial charge in [0.2, 0.25) is 0 Å². The minimum Gasteiger partial charge on any atom is -0.366 e. The highest BCUT2D eigenvalue weighted by molar-refractivity contribution is 6.32. The molecule has 3 heterocycles. The first-order chi connectivity index (χ1) is 13.6. The fraction of sp³-hybridized carbons (Fsp3) is 0.318. The van der Waals surface area contributed by atoms with E-state index >= 15 is 0 Å². The molecule has 1 amide bonds. The van der Waals surface area contributed by atoms with E-state index in [1.54, 1.807) is 0 Å². The molecule has 0 saturated carbocycles. The van der Waals surface area contributed by atoms with Gasteiger partial charge in [0.15, 0.2) is 0 Å². The van der Waals surface area contributed by atoms with Gasteiger partial charge in [-0.1, -0.05) is 23.7 Å². The van der Waals surface area contributed by atoms with E-state index in [4.69, 9.17) is 11.6 Å². The standard InChI is InChI=1S/C22H23ClN4O/c1-14-16-12-20(25-18(16)7-6-17(14)23)22(28)26-10-8-15(9-11-26)27-13-24-19-4-2-3-5-21(19)27/h2-7,12,15,24-25H,8-11,13H2,1H3. The van der Waals surface area contributed by atoms with E-state index in [2.05, 4.69) is 39.5 Å². The maximum absolute atomic E-state index is 13.0. The van der Waals surface area contributed by atoms with Crippen LogP contribution in [-0.4, -0.2) is 41.6 Å². The lowest BCUT2D eigenvalue weighted by molar-refractivity contribution is 0.0708. The summed E-state index contributed by atoms with van der Waals surface area (Å²) in [5, 5.41) is 5.21. The lowest BCUT2D eigenvalue weighted by Crippen LogP contribution is -2.46. The number of para-hydroxylation sites is 2. The molecule has 2 N–H and O–H groups in total. The Morgan fingerprint density at radius 3 is 2.75 bits per heavy atom. The Hall–Kier alpha value is -2.66. The summed E-state index contributed by atoms with van der Waals surface area (Å²) in [5.41, 5.74) is 5.09. The Kier molecular flexibility index (Phi) is 4.20. The summed E-state index contributed by atoms with van der Waals surface area (Å²) in [7, 11) is 0. The number of hydrogen-bond acceptors (Lipinski definition) is 3. The highest BCUT2D eigenvalue weighted by Gasteiger charge is 2.31. The molecule has 6 heteroatoms. The maximum Gasteiger partial charge on any atom is 0.270 e. The van der Waals surface area contributed by atoms with Crippen molar-refractivity contribution in [1.29, 1.82) is 0 Å². The van der Waals surface area contributed by atoms with Crippen LogP contribution in [-0.2, 0) is 0 Å². The van der Waals surface area contributed by atoms with Gasteiger partial charge in [-0.05, 0) is 55.7 Å². The molecule has 0 aliphatic carbocycles. The number of likely N-dealkylation sites (tertiary alicyclic amines) is 1. The Labute approximate surface area is 169 Å². The second kappa shape index (κ2) is 6.74. The quantitative estimate of drug-likeness (QED) is 0.666. The second-order valence-corrected chi connectivity index (χ2v) is 8.07. The number of H-pyrrole nitrogens is 1. The average molecular weight is 395 g/mol. The van der Waals surface area contributed by atoms with Crippen LogP contribution in [0.5, 0.6) is 0 Å². The number of amides is 1. The molecule has 0 bridgehead atoms. The van der Waals surface area contributed by atoms with Crippen LogP contribution in [0.25, 0.3) is 10.9 Å². The van der Waals surface area contributed by atoms with Crippen LogP contribution in [0.1, 0.15) is 28.9 Å². The first-order valence-electron chi connectivity index (χ1n) is 9.78. The fourth-order valence-corrected chi connectivity index (χ4v) is 4.61. The molecule has 3 aromatic rings. The molecular formula is C22H23ClN4O. The number of aromatic nitrogens is 1. The first-order valence-corrected chi connectivity index (χ1v) is 10.2. The zero-order valence-corrected chi connectivity index (χ0v) is 16.6. The summed E-state index contributed by atoms with van der Waals surface area (Å²) in [4.78, 5) is 20.7. The third-order valence-electron chi connectivity index (χ3n) is 6.08. The molecule has 5 rings (SSSR count). The van der Waals surface area contributed by atoms with Crippen molar-refractivity contribution in [3.8, 4) is 0 Å². The van der Waals surface area contributed by atoms with Gasteiger partial charge in [-0.15, -0.1) is 0 Å². The van der Waals surface area contributed by atoms with E-state index in [0.29, 0.717) is 11.7 Å². The molecule has 2 aliphatic heterocycles. The number of piperidine rings is 1. The topological polar surface area (TPSA) is 51.4 Å². The van der Waals surface area contributed by atoms with Crippen LogP contribution < -0.4 is 10.2 Å². The number of anilines is 2. The van der Waals surface area contributed by atoms with Gasteiger partial charge in [0, 0.05) is 35.1 Å². The molecule has 2 aliphatic rings. The first kappa shape index (κ1) is 17.4. The van der Waals surface area contributed by atoms with Crippen LogP contribution in [0.4, 0.5) is 11.4 Å². The van der Waals surface area contributed by atoms with Crippen LogP contribution in [0.2, 0.25) is 5.02 Å². The Balaban J connectivity index is 1.30. The largest absolute Gasteiger partial charge is 0.366 e. The van der Waals surface area contributed by atoms with Crippen molar-refractivity contribution in [2.45, 2.75) is 25.8 Å². The van der Waals surface area contributed by atoms with E-state index in [1.165, 1.54) is 11.4 Å². The molecule has 144 valence electrons. The van der Waals surface area contributed by atoms with Crippen LogP contribution in [0.3, 0.4) is 0 Å². The lowest BCUT2D eigenvalue weighted by Gasteiger charge is -2.37. The molecule has 2 aromatic carbocycles. The van der Waals surface area contributed by atoms with Crippen molar-refractivity contribution in [2.75, 3.05) is 30.0 Å². The predicted molar refractivity (Wildman–Crippen MR) is 114 cm³/mol. The highest BCUT2D eigenvalue weighted by atomic mass is 35.5. The SMILES string of the molecule is Cc1c(Cl)ccc2[nH]c(C(=O)N3CCC(N4CNc5ccccc54)CC3)cc12. The number of aromatic amines is 1. The molecule has 0 spiro atoms. The van der Waals surface area contributed by atoms with Crippen LogP contribution in [0.15, 0.2) is 42.5 Å². The molecule has 1 saturated heterocycles. The Bertz CT molecular complexity index is 1050. The molecule has 0 radical (unpaired) electrons. The Morgan fingerprint density at radius 2 is 1.93 bits per heavy atom. The van der Waals surface area contributed by atoms with Gasteiger partial charge in [-0.3, -0.25) is 4.79 Å². The number of aryl methyl sites for hydroxylation is 1. The van der Waals surface area contributed by atoms with Crippen molar-refractivity contribution in [2.24, 2.45) is 0 Å². The van der Waals surface area contributed by atoms with Gasteiger partial charge in [-0.25, -0.2) is 0 Å². The van der Waals surface area contributed by atoms with Gasteiger partial charge in [0.05, 0.1) is 18.0 Å². The van der Waals surface area contributed by atoms with Crippen molar-refractivity contribution >= 4 is 39.8 Å². The minimum absolute atomic E-state index is 0.0742. The summed E-state index contributed by atoms with van der Waals surface area (Å²) in [6.07, 6.45) is 1.96. The maximum atomic E-state index is 13.0. The van der Waals surface area contributed by atoms with Gasteiger partial charge in [0.25, 0.3) is 5.91 Å². The van der Waals surface area contributed by atoms with E-state index < -0.39 is 0 Å². The van der Waals surface area contributed by atoms with Crippen molar-refractivity contribution in [3.63, 3.8) is 0 Å². The number of rotatable bonds is 2. The van der Waals surface area contributed by atoms with Crippen molar-refractivity contribution in [1.82, 2.24) is 9.88 Å². The summed E-state index contributed by atoms with van der Waals surface area (Å²) >= 11 is 6.22. The minimum atomic E-state index is 0.0742. The average Bonchev–Trinajstić information content (AvgIpc) is 3.35. The zero-order valence-electron chi connectivity index (χ0n) is 15.8. The van der Waals surface area contributed by atoms with Gasteiger partial charge in [0.1, 0.15) is 5.69 Å². The van der Waals surface area contributed by atoms with Crippen molar-refractivity contribution < 1.29 is 4.79 Å². The van der Waals surface area contributed by atoms with Crippen LogP contribution >= 0.6 is 11.6 Å².